The van der Waals surface area contributed by atoms with Gasteiger partial charge in [0.05, 0.1) is 28.4 Å². The summed E-state index contributed by atoms with van der Waals surface area (Å²) in [7, 11) is 0. The fraction of sp³-hybridized carbons (Fsp3) is 0.192. The minimum absolute atomic E-state index is 0.0213. The number of carbonyl (C=O) groups excluding carboxylic acids is 1. The SMILES string of the molecule is N#Cc1ccccc1-c1ccccc1C(=O)N1CCN(Cc2nc3ccccc3s2)CC1. The van der Waals surface area contributed by atoms with Crippen LogP contribution < -0.4 is 0 Å². The number of benzene rings is 3. The number of hydrogen-bond acceptors (Lipinski definition) is 5. The predicted molar refractivity (Wildman–Crippen MR) is 127 cm³/mol. The van der Waals surface area contributed by atoms with Crippen LogP contribution in [0, 0.1) is 11.3 Å². The molecule has 6 heteroatoms. The fourth-order valence-electron chi connectivity index (χ4n) is 4.18. The van der Waals surface area contributed by atoms with E-state index in [9.17, 15) is 10.1 Å². The first-order valence-electron chi connectivity index (χ1n) is 10.7. The van der Waals surface area contributed by atoms with Gasteiger partial charge in [-0.05, 0) is 29.8 Å². The molecule has 2 heterocycles. The molecule has 0 unspecified atom stereocenters. The summed E-state index contributed by atoms with van der Waals surface area (Å²) in [6.45, 7) is 3.81. The van der Waals surface area contributed by atoms with E-state index in [0.29, 0.717) is 24.2 Å². The summed E-state index contributed by atoms with van der Waals surface area (Å²) in [6, 6.07) is 25.5. The lowest BCUT2D eigenvalue weighted by atomic mass is 9.95. The van der Waals surface area contributed by atoms with Crippen molar-refractivity contribution < 1.29 is 4.79 Å². The van der Waals surface area contributed by atoms with Gasteiger partial charge in [-0.3, -0.25) is 9.69 Å². The normalized spacial score (nSPS) is 14.4. The van der Waals surface area contributed by atoms with E-state index in [-0.39, 0.29) is 5.91 Å². The number of nitrogens with zero attached hydrogens (tertiary/aromatic N) is 4. The molecule has 1 aliphatic rings. The first-order chi connectivity index (χ1) is 15.7. The van der Waals surface area contributed by atoms with Crippen LogP contribution in [0.1, 0.15) is 20.9 Å². The third-order valence-electron chi connectivity index (χ3n) is 5.85. The average Bonchev–Trinajstić information content (AvgIpc) is 3.26. The highest BCUT2D eigenvalue weighted by molar-refractivity contribution is 7.18. The molecule has 0 radical (unpaired) electrons. The van der Waals surface area contributed by atoms with E-state index in [1.807, 2.05) is 65.6 Å². The molecule has 32 heavy (non-hydrogen) atoms. The molecular weight excluding hydrogens is 416 g/mol. The second kappa shape index (κ2) is 8.91. The van der Waals surface area contributed by atoms with Crippen LogP contribution >= 0.6 is 11.3 Å². The van der Waals surface area contributed by atoms with E-state index in [1.54, 1.807) is 17.4 Å². The van der Waals surface area contributed by atoms with E-state index in [1.165, 1.54) is 4.70 Å². The van der Waals surface area contributed by atoms with Crippen LogP contribution in [0.5, 0.6) is 0 Å². The number of aromatic nitrogens is 1. The number of thiazole rings is 1. The molecule has 0 N–H and O–H groups in total. The molecular formula is C26H22N4OS. The lowest BCUT2D eigenvalue weighted by Gasteiger charge is -2.34. The minimum Gasteiger partial charge on any atom is -0.336 e. The summed E-state index contributed by atoms with van der Waals surface area (Å²) in [6.07, 6.45) is 0. The Morgan fingerprint density at radius 3 is 2.38 bits per heavy atom. The summed E-state index contributed by atoms with van der Waals surface area (Å²) in [4.78, 5) is 22.4. The Balaban J connectivity index is 1.29. The van der Waals surface area contributed by atoms with Crippen molar-refractivity contribution in [2.45, 2.75) is 6.54 Å². The molecule has 5 nitrogen and oxygen atoms in total. The number of amides is 1. The van der Waals surface area contributed by atoms with Crippen molar-refractivity contribution >= 4 is 27.5 Å². The number of para-hydroxylation sites is 1. The molecule has 1 aromatic heterocycles. The van der Waals surface area contributed by atoms with Crippen LogP contribution in [0.25, 0.3) is 21.3 Å². The van der Waals surface area contributed by atoms with Crippen LogP contribution in [0.3, 0.4) is 0 Å². The zero-order chi connectivity index (χ0) is 21.9. The van der Waals surface area contributed by atoms with Crippen LogP contribution in [0.15, 0.2) is 72.8 Å². The van der Waals surface area contributed by atoms with Gasteiger partial charge in [-0.15, -0.1) is 11.3 Å². The number of nitriles is 1. The third-order valence-corrected chi connectivity index (χ3v) is 6.87. The van der Waals surface area contributed by atoms with Gasteiger partial charge in [0.25, 0.3) is 5.91 Å². The lowest BCUT2D eigenvalue weighted by molar-refractivity contribution is 0.0629. The molecule has 5 rings (SSSR count). The van der Waals surface area contributed by atoms with Crippen molar-refractivity contribution in [3.8, 4) is 17.2 Å². The summed E-state index contributed by atoms with van der Waals surface area (Å²) in [5.74, 6) is 0.0213. The van der Waals surface area contributed by atoms with Crippen molar-refractivity contribution in [3.63, 3.8) is 0 Å². The van der Waals surface area contributed by atoms with Crippen LogP contribution in [-0.2, 0) is 6.54 Å². The van der Waals surface area contributed by atoms with Crippen molar-refractivity contribution in [3.05, 3.63) is 88.9 Å². The molecule has 1 fully saturated rings. The molecule has 1 aliphatic heterocycles. The van der Waals surface area contributed by atoms with Crippen molar-refractivity contribution in [1.29, 1.82) is 5.26 Å². The maximum atomic E-state index is 13.4. The number of rotatable bonds is 4. The van der Waals surface area contributed by atoms with Crippen LogP contribution in [0.4, 0.5) is 0 Å². The summed E-state index contributed by atoms with van der Waals surface area (Å²) in [5, 5.41) is 10.6. The summed E-state index contributed by atoms with van der Waals surface area (Å²) in [5.41, 5.74) is 3.89. The average molecular weight is 439 g/mol. The lowest BCUT2D eigenvalue weighted by Crippen LogP contribution is -2.48. The maximum Gasteiger partial charge on any atom is 0.254 e. The van der Waals surface area contributed by atoms with E-state index in [4.69, 9.17) is 4.98 Å². The monoisotopic (exact) mass is 438 g/mol. The molecule has 4 aromatic rings. The molecule has 0 aliphatic carbocycles. The smallest absolute Gasteiger partial charge is 0.254 e. The highest BCUT2D eigenvalue weighted by Gasteiger charge is 2.25. The van der Waals surface area contributed by atoms with Gasteiger partial charge in [-0.1, -0.05) is 48.5 Å². The topological polar surface area (TPSA) is 60.2 Å². The van der Waals surface area contributed by atoms with Gasteiger partial charge < -0.3 is 4.90 Å². The summed E-state index contributed by atoms with van der Waals surface area (Å²) >= 11 is 1.74. The van der Waals surface area contributed by atoms with Gasteiger partial charge in [-0.25, -0.2) is 4.98 Å². The molecule has 0 spiro atoms. The number of fused-ring (bicyclic) bond motifs is 1. The predicted octanol–water partition coefficient (Wildman–Crippen LogP) is 4.79. The first kappa shape index (κ1) is 20.4. The number of hydrogen-bond donors (Lipinski definition) is 0. The molecule has 3 aromatic carbocycles. The quantitative estimate of drug-likeness (QED) is 0.460. The Labute approximate surface area is 191 Å². The Morgan fingerprint density at radius 2 is 1.59 bits per heavy atom. The van der Waals surface area contributed by atoms with Gasteiger partial charge >= 0.3 is 0 Å². The maximum absolute atomic E-state index is 13.4. The standard InChI is InChI=1S/C26H22N4OS/c27-17-19-7-1-2-8-20(19)21-9-3-4-10-22(21)26(31)30-15-13-29(14-16-30)18-25-28-23-11-5-6-12-24(23)32-25/h1-12H,13-16,18H2. The highest BCUT2D eigenvalue weighted by Crippen LogP contribution is 2.28. The van der Waals surface area contributed by atoms with Crippen LogP contribution in [0.2, 0.25) is 0 Å². The molecule has 1 amide bonds. The Bertz CT molecular complexity index is 1280. The van der Waals surface area contributed by atoms with Gasteiger partial charge in [0, 0.05) is 37.3 Å². The zero-order valence-electron chi connectivity index (χ0n) is 17.6. The van der Waals surface area contributed by atoms with E-state index < -0.39 is 0 Å². The second-order valence-electron chi connectivity index (χ2n) is 7.85. The highest BCUT2D eigenvalue weighted by atomic mass is 32.1. The first-order valence-corrected chi connectivity index (χ1v) is 11.5. The minimum atomic E-state index is 0.0213. The molecule has 158 valence electrons. The second-order valence-corrected chi connectivity index (χ2v) is 8.96. The van der Waals surface area contributed by atoms with Crippen molar-refractivity contribution in [2.75, 3.05) is 26.2 Å². The van der Waals surface area contributed by atoms with Gasteiger partial charge in [0.2, 0.25) is 0 Å². The number of carbonyl (C=O) groups is 1. The van der Waals surface area contributed by atoms with Crippen molar-refractivity contribution in [2.24, 2.45) is 0 Å². The van der Waals surface area contributed by atoms with Gasteiger partial charge in [0.1, 0.15) is 5.01 Å². The molecule has 0 bridgehead atoms. The van der Waals surface area contributed by atoms with E-state index in [2.05, 4.69) is 17.0 Å². The molecule has 0 saturated carbocycles. The Hall–Kier alpha value is -3.53. The Morgan fingerprint density at radius 1 is 0.906 bits per heavy atom. The van der Waals surface area contributed by atoms with Gasteiger partial charge in [-0.2, -0.15) is 5.26 Å². The summed E-state index contributed by atoms with van der Waals surface area (Å²) < 4.78 is 1.21. The third kappa shape index (κ3) is 4.01. The molecule has 0 atom stereocenters. The fourth-order valence-corrected chi connectivity index (χ4v) is 5.19. The molecule has 1 saturated heterocycles. The number of piperazine rings is 1. The van der Waals surface area contributed by atoms with Crippen LogP contribution in [-0.4, -0.2) is 46.9 Å². The van der Waals surface area contributed by atoms with E-state index >= 15 is 0 Å². The Kier molecular flexibility index (Phi) is 5.68. The zero-order valence-corrected chi connectivity index (χ0v) is 18.4. The van der Waals surface area contributed by atoms with Gasteiger partial charge in [0.15, 0.2) is 0 Å². The van der Waals surface area contributed by atoms with E-state index in [0.717, 1.165) is 41.3 Å². The van der Waals surface area contributed by atoms with Crippen molar-refractivity contribution in [1.82, 2.24) is 14.8 Å². The largest absolute Gasteiger partial charge is 0.336 e.